The molecule has 8 heteroatoms. The first-order valence-corrected chi connectivity index (χ1v) is 8.42. The van der Waals surface area contributed by atoms with Crippen molar-refractivity contribution >= 4 is 23.2 Å². The Hall–Kier alpha value is -3.42. The van der Waals surface area contributed by atoms with Crippen LogP contribution in [0.1, 0.15) is 13.8 Å². The van der Waals surface area contributed by atoms with E-state index in [-0.39, 0.29) is 11.8 Å². The van der Waals surface area contributed by atoms with Gasteiger partial charge in [-0.15, -0.1) is 0 Å². The molecule has 0 heterocycles. The van der Waals surface area contributed by atoms with Gasteiger partial charge in [0.25, 0.3) is 0 Å². The number of rotatable bonds is 7. The summed E-state index contributed by atoms with van der Waals surface area (Å²) in [5.41, 5.74) is 2.20. The van der Waals surface area contributed by atoms with Crippen LogP contribution in [0, 0.1) is 0 Å². The quantitative estimate of drug-likeness (QED) is 0.756. The molecular weight excluding hydrogens is 364 g/mol. The summed E-state index contributed by atoms with van der Waals surface area (Å²) in [5, 5.41) is 5.57. The highest BCUT2D eigenvalue weighted by Gasteiger charge is 2.20. The maximum absolute atomic E-state index is 11.7. The van der Waals surface area contributed by atoms with E-state index in [9.17, 15) is 9.59 Å². The molecule has 0 aliphatic rings. The zero-order chi connectivity index (χ0) is 20.8. The Morgan fingerprint density at radius 2 is 0.893 bits per heavy atom. The third kappa shape index (κ3) is 4.46. The topological polar surface area (TPSA) is 95.1 Å². The summed E-state index contributed by atoms with van der Waals surface area (Å²) >= 11 is 0. The molecule has 0 fully saturated rings. The number of hydrogen-bond acceptors (Lipinski definition) is 6. The molecule has 0 spiro atoms. The van der Waals surface area contributed by atoms with Crippen LogP contribution in [0.25, 0.3) is 11.1 Å². The van der Waals surface area contributed by atoms with Crippen molar-refractivity contribution in [2.45, 2.75) is 13.8 Å². The van der Waals surface area contributed by atoms with Crippen molar-refractivity contribution in [3.05, 3.63) is 24.3 Å². The highest BCUT2D eigenvalue weighted by atomic mass is 16.5. The lowest BCUT2D eigenvalue weighted by Gasteiger charge is -2.19. The summed E-state index contributed by atoms with van der Waals surface area (Å²) in [7, 11) is 6.05. The van der Waals surface area contributed by atoms with Gasteiger partial charge in [0.1, 0.15) is 0 Å². The van der Waals surface area contributed by atoms with Gasteiger partial charge in [0.15, 0.2) is 23.0 Å². The van der Waals surface area contributed by atoms with Gasteiger partial charge in [-0.05, 0) is 12.1 Å². The lowest BCUT2D eigenvalue weighted by atomic mass is 9.99. The second-order valence-electron chi connectivity index (χ2n) is 5.87. The minimum atomic E-state index is -0.255. The van der Waals surface area contributed by atoms with E-state index >= 15 is 0 Å². The van der Waals surface area contributed by atoms with Crippen LogP contribution in [0.15, 0.2) is 24.3 Å². The molecule has 2 amide bonds. The van der Waals surface area contributed by atoms with Crippen molar-refractivity contribution in [1.29, 1.82) is 0 Å². The lowest BCUT2D eigenvalue weighted by Crippen LogP contribution is -2.10. The van der Waals surface area contributed by atoms with E-state index < -0.39 is 0 Å². The molecule has 0 aliphatic carbocycles. The van der Waals surface area contributed by atoms with E-state index in [0.717, 1.165) is 0 Å². The van der Waals surface area contributed by atoms with Crippen LogP contribution < -0.4 is 29.6 Å². The zero-order valence-corrected chi connectivity index (χ0v) is 16.8. The molecule has 2 rings (SSSR count). The summed E-state index contributed by atoms with van der Waals surface area (Å²) in [5.74, 6) is 1.34. The van der Waals surface area contributed by atoms with Crippen molar-refractivity contribution in [2.24, 2.45) is 0 Å². The predicted molar refractivity (Wildman–Crippen MR) is 107 cm³/mol. The Bertz CT molecular complexity index is 821. The number of ether oxygens (including phenoxy) is 4. The molecule has 8 nitrogen and oxygen atoms in total. The van der Waals surface area contributed by atoms with Crippen LogP contribution in [0.2, 0.25) is 0 Å². The van der Waals surface area contributed by atoms with Gasteiger partial charge in [-0.1, -0.05) is 0 Å². The molecule has 2 aromatic rings. The minimum Gasteiger partial charge on any atom is -0.493 e. The van der Waals surface area contributed by atoms with Crippen LogP contribution in [-0.2, 0) is 9.59 Å². The van der Waals surface area contributed by atoms with Crippen LogP contribution in [-0.4, -0.2) is 40.3 Å². The molecule has 0 saturated heterocycles. The third-order valence-electron chi connectivity index (χ3n) is 3.96. The Balaban J connectivity index is 2.82. The number of anilines is 2. The van der Waals surface area contributed by atoms with E-state index in [1.807, 2.05) is 0 Å². The average Bonchev–Trinajstić information content (AvgIpc) is 2.66. The van der Waals surface area contributed by atoms with Crippen LogP contribution in [0.4, 0.5) is 11.4 Å². The summed E-state index contributed by atoms with van der Waals surface area (Å²) in [6.45, 7) is 2.81. The largest absolute Gasteiger partial charge is 0.493 e. The van der Waals surface area contributed by atoms with Gasteiger partial charge in [-0.2, -0.15) is 0 Å². The molecule has 28 heavy (non-hydrogen) atoms. The molecule has 0 saturated carbocycles. The standard InChI is InChI=1S/C20H24N2O6/c1-11(23)21-15-9-19(27-5)17(25-3)7-13(15)14-8-18(26-4)20(28-6)10-16(14)22-12(2)24/h7-10H,1-6H3,(H,21,23)(H,22,24). The number of carbonyl (C=O) groups is 2. The van der Waals surface area contributed by atoms with Gasteiger partial charge < -0.3 is 29.6 Å². The number of benzene rings is 2. The first-order chi connectivity index (χ1) is 13.3. The first-order valence-electron chi connectivity index (χ1n) is 8.42. The van der Waals surface area contributed by atoms with E-state index in [1.165, 1.54) is 42.3 Å². The van der Waals surface area contributed by atoms with E-state index in [0.29, 0.717) is 45.5 Å². The Morgan fingerprint density at radius 3 is 1.14 bits per heavy atom. The van der Waals surface area contributed by atoms with E-state index in [4.69, 9.17) is 18.9 Å². The van der Waals surface area contributed by atoms with Crippen molar-refractivity contribution in [2.75, 3.05) is 39.1 Å². The summed E-state index contributed by atoms with van der Waals surface area (Å²) < 4.78 is 21.5. The summed E-state index contributed by atoms with van der Waals surface area (Å²) in [6.07, 6.45) is 0. The normalized spacial score (nSPS) is 10.1. The Morgan fingerprint density at radius 1 is 0.607 bits per heavy atom. The van der Waals surface area contributed by atoms with E-state index in [1.54, 1.807) is 24.3 Å². The number of methoxy groups -OCH3 is 4. The van der Waals surface area contributed by atoms with E-state index in [2.05, 4.69) is 10.6 Å². The van der Waals surface area contributed by atoms with Gasteiger partial charge in [-0.3, -0.25) is 9.59 Å². The first kappa shape index (κ1) is 20.9. The van der Waals surface area contributed by atoms with Gasteiger partial charge in [-0.25, -0.2) is 0 Å². The fraction of sp³-hybridized carbons (Fsp3) is 0.300. The molecule has 0 atom stereocenters. The smallest absolute Gasteiger partial charge is 0.221 e. The van der Waals surface area contributed by atoms with Gasteiger partial charge >= 0.3 is 0 Å². The van der Waals surface area contributed by atoms with Crippen molar-refractivity contribution in [3.8, 4) is 34.1 Å². The van der Waals surface area contributed by atoms with Crippen molar-refractivity contribution in [3.63, 3.8) is 0 Å². The van der Waals surface area contributed by atoms with Crippen molar-refractivity contribution in [1.82, 2.24) is 0 Å². The molecule has 0 bridgehead atoms. The second-order valence-corrected chi connectivity index (χ2v) is 5.87. The fourth-order valence-corrected chi connectivity index (χ4v) is 2.79. The molecular formula is C20H24N2O6. The monoisotopic (exact) mass is 388 g/mol. The SMILES string of the molecule is COc1cc(NC(C)=O)c(-c2cc(OC)c(OC)cc2NC(C)=O)cc1OC. The number of amides is 2. The van der Waals surface area contributed by atoms with Gasteiger partial charge in [0.05, 0.1) is 39.8 Å². The minimum absolute atomic E-state index is 0.255. The maximum Gasteiger partial charge on any atom is 0.221 e. The highest BCUT2D eigenvalue weighted by Crippen LogP contribution is 2.45. The molecule has 0 aromatic heterocycles. The molecule has 2 aromatic carbocycles. The van der Waals surface area contributed by atoms with Crippen LogP contribution >= 0.6 is 0 Å². The lowest BCUT2D eigenvalue weighted by molar-refractivity contribution is -0.115. The zero-order valence-electron chi connectivity index (χ0n) is 16.8. The molecule has 0 radical (unpaired) electrons. The molecule has 2 N–H and O–H groups in total. The maximum atomic E-state index is 11.7. The predicted octanol–water partition coefficient (Wildman–Crippen LogP) is 3.30. The molecule has 0 aliphatic heterocycles. The second kappa shape index (κ2) is 8.98. The van der Waals surface area contributed by atoms with Crippen molar-refractivity contribution < 1.29 is 28.5 Å². The van der Waals surface area contributed by atoms with Gasteiger partial charge in [0, 0.05) is 37.1 Å². The van der Waals surface area contributed by atoms with Crippen LogP contribution in [0.3, 0.4) is 0 Å². The molecule has 0 unspecified atom stereocenters. The van der Waals surface area contributed by atoms with Crippen LogP contribution in [0.5, 0.6) is 23.0 Å². The summed E-state index contributed by atoms with van der Waals surface area (Å²) in [4.78, 5) is 23.5. The number of nitrogens with one attached hydrogen (secondary N) is 2. The number of carbonyl (C=O) groups excluding carboxylic acids is 2. The summed E-state index contributed by atoms with van der Waals surface area (Å²) in [6, 6.07) is 6.75. The molecule has 150 valence electrons. The Labute approximate surface area is 163 Å². The van der Waals surface area contributed by atoms with Gasteiger partial charge in [0.2, 0.25) is 11.8 Å². The average molecular weight is 388 g/mol. The third-order valence-corrected chi connectivity index (χ3v) is 3.96. The highest BCUT2D eigenvalue weighted by molar-refractivity contribution is 6.01. The fourth-order valence-electron chi connectivity index (χ4n) is 2.79. The number of hydrogen-bond donors (Lipinski definition) is 2. The Kier molecular flexibility index (Phi) is 6.70.